The number of anilines is 1. The van der Waals surface area contributed by atoms with Crippen molar-refractivity contribution in [3.05, 3.63) is 78.5 Å². The summed E-state index contributed by atoms with van der Waals surface area (Å²) >= 11 is 0. The van der Waals surface area contributed by atoms with Gasteiger partial charge in [0.1, 0.15) is 5.82 Å². The van der Waals surface area contributed by atoms with Crippen LogP contribution in [0.3, 0.4) is 0 Å². The Balaban J connectivity index is 1.36. The van der Waals surface area contributed by atoms with Crippen molar-refractivity contribution in [3.63, 3.8) is 0 Å². The summed E-state index contributed by atoms with van der Waals surface area (Å²) in [5, 5.41) is 0.945. The first kappa shape index (κ1) is 20.2. The standard InChI is InChI=1S/C25H24N6O/c1-30-10-12-31(13-11-30)25-14-19(6-9-27-25)24(32)16-21-15-23-20(17-28-21)2-3-22(29-23)18-4-7-26-8-5-18/h2-9,14-15,17H,10-13,16H2,1H3. The highest BCUT2D eigenvalue weighted by molar-refractivity contribution is 5.98. The summed E-state index contributed by atoms with van der Waals surface area (Å²) in [6.45, 7) is 3.82. The third-order valence-corrected chi connectivity index (χ3v) is 5.84. The van der Waals surface area contributed by atoms with Crippen molar-refractivity contribution in [1.82, 2.24) is 24.8 Å². The number of hydrogen-bond acceptors (Lipinski definition) is 7. The van der Waals surface area contributed by atoms with Crippen LogP contribution in [0.15, 0.2) is 67.3 Å². The summed E-state index contributed by atoms with van der Waals surface area (Å²) in [5.41, 5.74) is 4.07. The van der Waals surface area contributed by atoms with Crippen LogP contribution < -0.4 is 4.90 Å². The quantitative estimate of drug-likeness (QED) is 0.455. The summed E-state index contributed by atoms with van der Waals surface area (Å²) in [6, 6.07) is 13.4. The maximum atomic E-state index is 13.0. The number of pyridine rings is 4. The predicted molar refractivity (Wildman–Crippen MR) is 125 cm³/mol. The molecule has 0 bridgehead atoms. The predicted octanol–water partition coefficient (Wildman–Crippen LogP) is 3.26. The maximum Gasteiger partial charge on any atom is 0.169 e. The molecule has 1 saturated heterocycles. The number of Topliss-reactive ketones (excluding diaryl/α,β-unsaturated/α-hetero) is 1. The van der Waals surface area contributed by atoms with Crippen LogP contribution >= 0.6 is 0 Å². The van der Waals surface area contributed by atoms with E-state index >= 15 is 0 Å². The fraction of sp³-hybridized carbons (Fsp3) is 0.240. The van der Waals surface area contributed by atoms with Crippen LogP contribution in [0, 0.1) is 0 Å². The molecule has 1 fully saturated rings. The second-order valence-corrected chi connectivity index (χ2v) is 8.09. The number of fused-ring (bicyclic) bond motifs is 1. The van der Waals surface area contributed by atoms with Crippen molar-refractivity contribution >= 4 is 22.5 Å². The van der Waals surface area contributed by atoms with Gasteiger partial charge in [-0.15, -0.1) is 0 Å². The molecule has 0 radical (unpaired) electrons. The van der Waals surface area contributed by atoms with E-state index in [-0.39, 0.29) is 12.2 Å². The minimum absolute atomic E-state index is 0.0277. The van der Waals surface area contributed by atoms with E-state index in [1.807, 2.05) is 36.4 Å². The number of hydrogen-bond donors (Lipinski definition) is 0. The van der Waals surface area contributed by atoms with Gasteiger partial charge in [-0.1, -0.05) is 0 Å². The first-order valence-corrected chi connectivity index (χ1v) is 10.7. The Morgan fingerprint density at radius 1 is 0.938 bits per heavy atom. The zero-order valence-electron chi connectivity index (χ0n) is 18.0. The van der Waals surface area contributed by atoms with Gasteiger partial charge in [0.15, 0.2) is 5.78 Å². The van der Waals surface area contributed by atoms with Gasteiger partial charge in [0.05, 0.1) is 23.3 Å². The number of carbonyl (C=O) groups excluding carboxylic acids is 1. The lowest BCUT2D eigenvalue weighted by atomic mass is 10.1. The number of ketones is 1. The summed E-state index contributed by atoms with van der Waals surface area (Å²) in [7, 11) is 2.12. The lowest BCUT2D eigenvalue weighted by molar-refractivity contribution is 0.0992. The Bertz CT molecular complexity index is 1250. The number of piperazine rings is 1. The minimum atomic E-state index is 0.0277. The monoisotopic (exact) mass is 424 g/mol. The van der Waals surface area contributed by atoms with Crippen LogP contribution in [-0.4, -0.2) is 63.8 Å². The molecule has 0 unspecified atom stereocenters. The van der Waals surface area contributed by atoms with Gasteiger partial charge in [-0.25, -0.2) is 9.97 Å². The maximum absolute atomic E-state index is 13.0. The number of likely N-dealkylation sites (N-methyl/N-ethyl adjacent to an activating group) is 1. The molecule has 160 valence electrons. The minimum Gasteiger partial charge on any atom is -0.354 e. The molecule has 0 amide bonds. The number of nitrogens with zero attached hydrogens (tertiary/aromatic N) is 6. The smallest absolute Gasteiger partial charge is 0.169 e. The fourth-order valence-electron chi connectivity index (χ4n) is 3.91. The van der Waals surface area contributed by atoms with Gasteiger partial charge in [-0.05, 0) is 49.5 Å². The summed E-state index contributed by atoms with van der Waals surface area (Å²) < 4.78 is 0. The second kappa shape index (κ2) is 8.80. The molecule has 0 saturated carbocycles. The van der Waals surface area contributed by atoms with E-state index in [1.165, 1.54) is 0 Å². The van der Waals surface area contributed by atoms with Gasteiger partial charge < -0.3 is 9.80 Å². The molecule has 0 spiro atoms. The molecule has 0 aromatic carbocycles. The van der Waals surface area contributed by atoms with E-state index < -0.39 is 0 Å². The first-order chi connectivity index (χ1) is 15.7. The third-order valence-electron chi connectivity index (χ3n) is 5.84. The number of carbonyl (C=O) groups is 1. The van der Waals surface area contributed by atoms with Gasteiger partial charge in [0, 0.05) is 67.5 Å². The Morgan fingerprint density at radius 3 is 2.56 bits per heavy atom. The van der Waals surface area contributed by atoms with Gasteiger partial charge in [-0.3, -0.25) is 14.8 Å². The van der Waals surface area contributed by atoms with E-state index in [0.717, 1.165) is 54.2 Å². The average Bonchev–Trinajstić information content (AvgIpc) is 2.84. The van der Waals surface area contributed by atoms with Crippen molar-refractivity contribution < 1.29 is 4.79 Å². The molecule has 7 nitrogen and oxygen atoms in total. The number of rotatable bonds is 5. The van der Waals surface area contributed by atoms with Crippen LogP contribution in [0.2, 0.25) is 0 Å². The van der Waals surface area contributed by atoms with E-state index in [0.29, 0.717) is 11.3 Å². The average molecular weight is 425 g/mol. The van der Waals surface area contributed by atoms with Crippen molar-refractivity contribution in [2.24, 2.45) is 0 Å². The molecule has 1 aliphatic rings. The molecule has 32 heavy (non-hydrogen) atoms. The fourth-order valence-corrected chi connectivity index (χ4v) is 3.91. The Morgan fingerprint density at radius 2 is 1.75 bits per heavy atom. The Labute approximate surface area is 186 Å². The summed E-state index contributed by atoms with van der Waals surface area (Å²) in [5.74, 6) is 0.888. The highest BCUT2D eigenvalue weighted by Crippen LogP contribution is 2.21. The van der Waals surface area contributed by atoms with Crippen molar-refractivity contribution in [1.29, 1.82) is 0 Å². The van der Waals surface area contributed by atoms with Crippen LogP contribution in [0.5, 0.6) is 0 Å². The molecule has 5 heterocycles. The summed E-state index contributed by atoms with van der Waals surface area (Å²) in [6.07, 6.45) is 7.23. The third kappa shape index (κ3) is 4.33. The molecule has 4 aromatic rings. The lowest BCUT2D eigenvalue weighted by Crippen LogP contribution is -2.44. The lowest BCUT2D eigenvalue weighted by Gasteiger charge is -2.33. The van der Waals surface area contributed by atoms with Crippen LogP contribution in [0.25, 0.3) is 22.2 Å². The molecule has 0 atom stereocenters. The van der Waals surface area contributed by atoms with E-state index in [4.69, 9.17) is 4.98 Å². The van der Waals surface area contributed by atoms with Crippen LogP contribution in [0.4, 0.5) is 5.82 Å². The topological polar surface area (TPSA) is 75.1 Å². The van der Waals surface area contributed by atoms with Crippen molar-refractivity contribution in [3.8, 4) is 11.3 Å². The zero-order valence-corrected chi connectivity index (χ0v) is 18.0. The number of aromatic nitrogens is 4. The summed E-state index contributed by atoms with van der Waals surface area (Å²) in [4.78, 5) is 35.3. The Kier molecular flexibility index (Phi) is 5.56. The molecule has 0 aliphatic carbocycles. The van der Waals surface area contributed by atoms with Gasteiger partial charge in [-0.2, -0.15) is 0 Å². The molecule has 4 aromatic heterocycles. The van der Waals surface area contributed by atoms with Gasteiger partial charge in [0.25, 0.3) is 0 Å². The highest BCUT2D eigenvalue weighted by atomic mass is 16.1. The molecule has 7 heteroatoms. The molecular formula is C25H24N6O. The largest absolute Gasteiger partial charge is 0.354 e. The normalized spacial score (nSPS) is 14.6. The van der Waals surface area contributed by atoms with Gasteiger partial charge in [0.2, 0.25) is 0 Å². The van der Waals surface area contributed by atoms with E-state index in [2.05, 4.69) is 31.8 Å². The molecule has 5 rings (SSSR count). The van der Waals surface area contributed by atoms with Crippen LogP contribution in [0.1, 0.15) is 16.1 Å². The SMILES string of the molecule is CN1CCN(c2cc(C(=O)Cc3cc4nc(-c5ccncc5)ccc4cn3)ccn2)CC1. The van der Waals surface area contributed by atoms with Crippen molar-refractivity contribution in [2.75, 3.05) is 38.1 Å². The first-order valence-electron chi connectivity index (χ1n) is 10.7. The van der Waals surface area contributed by atoms with E-state index in [1.54, 1.807) is 30.9 Å². The van der Waals surface area contributed by atoms with Gasteiger partial charge >= 0.3 is 0 Å². The second-order valence-electron chi connectivity index (χ2n) is 8.09. The Hall–Kier alpha value is -3.71. The zero-order chi connectivity index (χ0) is 21.9. The molecule has 1 aliphatic heterocycles. The van der Waals surface area contributed by atoms with E-state index in [9.17, 15) is 4.79 Å². The molecule has 0 N–H and O–H groups in total. The van der Waals surface area contributed by atoms with Crippen molar-refractivity contribution in [2.45, 2.75) is 6.42 Å². The highest BCUT2D eigenvalue weighted by Gasteiger charge is 2.17. The van der Waals surface area contributed by atoms with Crippen LogP contribution in [-0.2, 0) is 6.42 Å². The molecular weight excluding hydrogens is 400 g/mol.